The van der Waals surface area contributed by atoms with Crippen LogP contribution >= 0.6 is 23.2 Å². The van der Waals surface area contributed by atoms with Gasteiger partial charge in [-0.1, -0.05) is 23.2 Å². The maximum absolute atomic E-state index is 5.96. The van der Waals surface area contributed by atoms with Crippen LogP contribution in [0.3, 0.4) is 0 Å². The van der Waals surface area contributed by atoms with Crippen molar-refractivity contribution < 1.29 is 4.74 Å². The molecule has 0 aromatic heterocycles. The molecule has 17 heavy (non-hydrogen) atoms. The fourth-order valence-electron chi connectivity index (χ4n) is 2.00. The summed E-state index contributed by atoms with van der Waals surface area (Å²) in [5, 5.41) is 4.30. The SMILES string of the molecule is CC1OCCC1CNc1cc(Cl)c(Cl)cc1N. The zero-order valence-corrected chi connectivity index (χ0v) is 11.2. The maximum atomic E-state index is 5.96. The van der Waals surface area contributed by atoms with E-state index in [9.17, 15) is 0 Å². The molecule has 94 valence electrons. The molecule has 0 bridgehead atoms. The van der Waals surface area contributed by atoms with Gasteiger partial charge in [-0.3, -0.25) is 0 Å². The predicted octanol–water partition coefficient (Wildman–Crippen LogP) is 3.41. The van der Waals surface area contributed by atoms with E-state index < -0.39 is 0 Å². The number of halogens is 2. The van der Waals surface area contributed by atoms with Gasteiger partial charge in [-0.05, 0) is 25.5 Å². The highest BCUT2D eigenvalue weighted by Gasteiger charge is 2.23. The molecule has 0 radical (unpaired) electrons. The van der Waals surface area contributed by atoms with E-state index in [4.69, 9.17) is 33.7 Å². The first-order valence-electron chi connectivity index (χ1n) is 5.68. The van der Waals surface area contributed by atoms with Gasteiger partial charge in [0.1, 0.15) is 0 Å². The summed E-state index contributed by atoms with van der Waals surface area (Å²) in [6.45, 7) is 3.77. The van der Waals surface area contributed by atoms with Crippen LogP contribution in [-0.4, -0.2) is 19.3 Å². The first-order chi connectivity index (χ1) is 8.08. The molecule has 1 aliphatic rings. The Morgan fingerprint density at radius 1 is 1.41 bits per heavy atom. The number of nitrogens with two attached hydrogens (primary N) is 1. The van der Waals surface area contributed by atoms with Crippen LogP contribution in [-0.2, 0) is 4.74 Å². The predicted molar refractivity (Wildman–Crippen MR) is 72.9 cm³/mol. The second-order valence-corrected chi connectivity index (χ2v) is 5.17. The lowest BCUT2D eigenvalue weighted by Gasteiger charge is -2.17. The normalized spacial score (nSPS) is 23.9. The molecule has 1 fully saturated rings. The van der Waals surface area contributed by atoms with E-state index >= 15 is 0 Å². The Labute approximate surface area is 111 Å². The van der Waals surface area contributed by atoms with E-state index in [1.807, 2.05) is 0 Å². The van der Waals surface area contributed by atoms with Crippen molar-refractivity contribution in [3.63, 3.8) is 0 Å². The van der Waals surface area contributed by atoms with Gasteiger partial charge in [-0.25, -0.2) is 0 Å². The van der Waals surface area contributed by atoms with Crippen molar-refractivity contribution in [2.24, 2.45) is 5.92 Å². The molecule has 2 unspecified atom stereocenters. The van der Waals surface area contributed by atoms with Crippen LogP contribution in [0.1, 0.15) is 13.3 Å². The monoisotopic (exact) mass is 274 g/mol. The minimum atomic E-state index is 0.298. The second kappa shape index (κ2) is 5.34. The van der Waals surface area contributed by atoms with E-state index in [2.05, 4.69) is 12.2 Å². The Morgan fingerprint density at radius 2 is 2.12 bits per heavy atom. The van der Waals surface area contributed by atoms with Gasteiger partial charge >= 0.3 is 0 Å². The Balaban J connectivity index is 2.01. The zero-order valence-electron chi connectivity index (χ0n) is 9.67. The number of anilines is 2. The Hall–Kier alpha value is -0.640. The molecule has 3 N–H and O–H groups in total. The van der Waals surface area contributed by atoms with Crippen molar-refractivity contribution in [2.45, 2.75) is 19.4 Å². The van der Waals surface area contributed by atoms with E-state index in [-0.39, 0.29) is 0 Å². The van der Waals surface area contributed by atoms with Crippen molar-refractivity contribution in [1.29, 1.82) is 0 Å². The third-order valence-corrected chi connectivity index (χ3v) is 3.90. The van der Waals surface area contributed by atoms with Crippen molar-refractivity contribution >= 4 is 34.6 Å². The molecule has 1 saturated heterocycles. The van der Waals surface area contributed by atoms with Gasteiger partial charge in [0.2, 0.25) is 0 Å². The molecule has 0 spiro atoms. The fraction of sp³-hybridized carbons (Fsp3) is 0.500. The molecule has 1 aromatic carbocycles. The Bertz CT molecular complexity index is 412. The molecular formula is C12H16Cl2N2O. The summed E-state index contributed by atoms with van der Waals surface area (Å²) >= 11 is 11.8. The van der Waals surface area contributed by atoms with Gasteiger partial charge in [0, 0.05) is 19.1 Å². The number of hydrogen-bond donors (Lipinski definition) is 2. The summed E-state index contributed by atoms with van der Waals surface area (Å²) in [5.41, 5.74) is 7.32. The number of ether oxygens (including phenoxy) is 1. The van der Waals surface area contributed by atoms with E-state index in [1.165, 1.54) is 0 Å². The van der Waals surface area contributed by atoms with E-state index in [0.29, 0.717) is 27.8 Å². The minimum Gasteiger partial charge on any atom is -0.397 e. The van der Waals surface area contributed by atoms with Crippen LogP contribution in [0.2, 0.25) is 10.0 Å². The number of nitrogens with one attached hydrogen (secondary N) is 1. The highest BCUT2D eigenvalue weighted by Crippen LogP contribution is 2.31. The second-order valence-electron chi connectivity index (χ2n) is 4.36. The molecule has 0 amide bonds. The average molecular weight is 275 g/mol. The first kappa shape index (κ1) is 12.8. The van der Waals surface area contributed by atoms with Crippen molar-refractivity contribution in [3.8, 4) is 0 Å². The summed E-state index contributed by atoms with van der Waals surface area (Å²) in [7, 11) is 0. The summed E-state index contributed by atoms with van der Waals surface area (Å²) in [4.78, 5) is 0. The molecule has 3 nitrogen and oxygen atoms in total. The smallest absolute Gasteiger partial charge is 0.0614 e. The summed E-state index contributed by atoms with van der Waals surface area (Å²) in [6, 6.07) is 3.43. The highest BCUT2D eigenvalue weighted by molar-refractivity contribution is 6.42. The fourth-order valence-corrected chi connectivity index (χ4v) is 2.34. The standard InChI is InChI=1S/C12H16Cl2N2O/c1-7-8(2-3-17-7)6-16-12-5-10(14)9(13)4-11(12)15/h4-5,7-8,16H,2-3,6,15H2,1H3. The van der Waals surface area contributed by atoms with Crippen molar-refractivity contribution in [3.05, 3.63) is 22.2 Å². The van der Waals surface area contributed by atoms with Gasteiger partial charge in [-0.2, -0.15) is 0 Å². The lowest BCUT2D eigenvalue weighted by molar-refractivity contribution is 0.108. The third-order valence-electron chi connectivity index (χ3n) is 3.18. The van der Waals surface area contributed by atoms with Crippen LogP contribution < -0.4 is 11.1 Å². The number of nitrogen functional groups attached to an aromatic ring is 1. The van der Waals surface area contributed by atoms with E-state index in [0.717, 1.165) is 25.3 Å². The number of benzene rings is 1. The molecule has 1 heterocycles. The molecule has 5 heteroatoms. The molecule has 1 aromatic rings. The van der Waals surface area contributed by atoms with E-state index in [1.54, 1.807) is 12.1 Å². The van der Waals surface area contributed by atoms with Gasteiger partial charge in [0.25, 0.3) is 0 Å². The van der Waals surface area contributed by atoms with Gasteiger partial charge in [-0.15, -0.1) is 0 Å². The van der Waals surface area contributed by atoms with Crippen LogP contribution in [0.4, 0.5) is 11.4 Å². The average Bonchev–Trinajstić information content (AvgIpc) is 2.68. The lowest BCUT2D eigenvalue weighted by atomic mass is 10.0. The van der Waals surface area contributed by atoms with Gasteiger partial charge < -0.3 is 15.8 Å². The number of hydrogen-bond acceptors (Lipinski definition) is 3. The minimum absolute atomic E-state index is 0.298. The summed E-state index contributed by atoms with van der Waals surface area (Å²) in [5.74, 6) is 0.517. The molecule has 0 saturated carbocycles. The van der Waals surface area contributed by atoms with Gasteiger partial charge in [0.15, 0.2) is 0 Å². The quantitative estimate of drug-likeness (QED) is 0.831. The van der Waals surface area contributed by atoms with Crippen LogP contribution in [0.5, 0.6) is 0 Å². The molecule has 1 aliphatic heterocycles. The largest absolute Gasteiger partial charge is 0.397 e. The topological polar surface area (TPSA) is 47.3 Å². The molecule has 2 atom stereocenters. The zero-order chi connectivity index (χ0) is 12.4. The molecule has 2 rings (SSSR count). The first-order valence-corrected chi connectivity index (χ1v) is 6.43. The lowest BCUT2D eigenvalue weighted by Crippen LogP contribution is -2.21. The molecule has 0 aliphatic carbocycles. The number of rotatable bonds is 3. The van der Waals surface area contributed by atoms with Crippen molar-refractivity contribution in [2.75, 3.05) is 24.2 Å². The summed E-state index contributed by atoms with van der Waals surface area (Å²) in [6.07, 6.45) is 1.38. The maximum Gasteiger partial charge on any atom is 0.0614 e. The van der Waals surface area contributed by atoms with Crippen LogP contribution in [0.25, 0.3) is 0 Å². The third kappa shape index (κ3) is 2.97. The molecular weight excluding hydrogens is 259 g/mol. The van der Waals surface area contributed by atoms with Crippen molar-refractivity contribution in [1.82, 2.24) is 0 Å². The van der Waals surface area contributed by atoms with Gasteiger partial charge in [0.05, 0.1) is 27.5 Å². The summed E-state index contributed by atoms with van der Waals surface area (Å²) < 4.78 is 5.51. The Kier molecular flexibility index (Phi) is 4.02. The Morgan fingerprint density at radius 3 is 2.76 bits per heavy atom. The van der Waals surface area contributed by atoms with Crippen LogP contribution in [0.15, 0.2) is 12.1 Å². The van der Waals surface area contributed by atoms with Crippen LogP contribution in [0, 0.1) is 5.92 Å². The highest BCUT2D eigenvalue weighted by atomic mass is 35.5.